The van der Waals surface area contributed by atoms with Crippen molar-refractivity contribution in [3.63, 3.8) is 0 Å². The number of hydrogen-bond donors (Lipinski definition) is 0. The van der Waals surface area contributed by atoms with Crippen molar-refractivity contribution >= 4 is 5.78 Å². The van der Waals surface area contributed by atoms with Gasteiger partial charge in [-0.15, -0.1) is 0 Å². The molecule has 0 saturated carbocycles. The average molecular weight is 159 g/mol. The Labute approximate surface area is 65.7 Å². The Morgan fingerprint density at radius 3 is 2.55 bits per heavy atom. The van der Waals surface area contributed by atoms with Gasteiger partial charge in [0.15, 0.2) is 0 Å². The van der Waals surface area contributed by atoms with E-state index in [-0.39, 0.29) is 23.2 Å². The minimum Gasteiger partial charge on any atom is -0.300 e. The zero-order chi connectivity index (χ0) is 8.85. The van der Waals surface area contributed by atoms with E-state index in [1.807, 2.05) is 0 Å². The summed E-state index contributed by atoms with van der Waals surface area (Å²) in [5.74, 6) is -0.0307. The van der Waals surface area contributed by atoms with Crippen LogP contribution >= 0.6 is 0 Å². The summed E-state index contributed by atoms with van der Waals surface area (Å²) < 4.78 is 0. The molecule has 0 amide bonds. The fourth-order valence-corrected chi connectivity index (χ4v) is 0.852. The van der Waals surface area contributed by atoms with Gasteiger partial charge in [0.05, 0.1) is 0 Å². The molecule has 0 radical (unpaired) electrons. The van der Waals surface area contributed by atoms with Crippen LogP contribution in [0, 0.1) is 16.0 Å². The molecule has 0 heterocycles. The number of nitro groups is 1. The fraction of sp³-hybridized carbons (Fsp3) is 0.857. The molecule has 4 heteroatoms. The molecule has 0 bridgehead atoms. The van der Waals surface area contributed by atoms with Crippen molar-refractivity contribution in [2.75, 3.05) is 6.54 Å². The fourth-order valence-electron chi connectivity index (χ4n) is 0.852. The second-order valence-electron chi connectivity index (χ2n) is 2.72. The Bertz CT molecular complexity index is 156. The summed E-state index contributed by atoms with van der Waals surface area (Å²) in [6.07, 6.45) is 0.805. The van der Waals surface area contributed by atoms with Gasteiger partial charge < -0.3 is 0 Å². The maximum atomic E-state index is 10.8. The first-order chi connectivity index (χ1) is 5.06. The maximum Gasteiger partial charge on any atom is 0.206 e. The van der Waals surface area contributed by atoms with Crippen LogP contribution < -0.4 is 0 Å². The lowest BCUT2D eigenvalue weighted by molar-refractivity contribution is -0.487. The summed E-state index contributed by atoms with van der Waals surface area (Å²) >= 11 is 0. The van der Waals surface area contributed by atoms with E-state index in [1.165, 1.54) is 0 Å². The first-order valence-corrected chi connectivity index (χ1v) is 3.69. The molecule has 0 saturated heterocycles. The van der Waals surface area contributed by atoms with Gasteiger partial charge in [0, 0.05) is 23.7 Å². The van der Waals surface area contributed by atoms with Gasteiger partial charge in [-0.1, -0.05) is 13.8 Å². The Hall–Kier alpha value is -0.930. The van der Waals surface area contributed by atoms with E-state index in [0.29, 0.717) is 12.8 Å². The summed E-state index contributed by atoms with van der Waals surface area (Å²) in [5.41, 5.74) is 0. The van der Waals surface area contributed by atoms with Crippen molar-refractivity contribution in [3.05, 3.63) is 10.1 Å². The first kappa shape index (κ1) is 10.1. The Morgan fingerprint density at radius 1 is 1.64 bits per heavy atom. The molecule has 0 unspecified atom stereocenters. The lowest BCUT2D eigenvalue weighted by Crippen LogP contribution is -2.14. The highest BCUT2D eigenvalue weighted by Gasteiger charge is 2.12. The smallest absolute Gasteiger partial charge is 0.206 e. The molecule has 0 fully saturated rings. The van der Waals surface area contributed by atoms with E-state index in [0.717, 1.165) is 0 Å². The number of carbonyl (C=O) groups excluding carboxylic acids is 1. The lowest BCUT2D eigenvalue weighted by Gasteiger charge is -2.02. The van der Waals surface area contributed by atoms with Gasteiger partial charge in [-0.25, -0.2) is 0 Å². The predicted molar refractivity (Wildman–Crippen MR) is 40.9 cm³/mol. The average Bonchev–Trinajstić information content (AvgIpc) is 1.85. The van der Waals surface area contributed by atoms with Gasteiger partial charge in [0.1, 0.15) is 5.78 Å². The summed E-state index contributed by atoms with van der Waals surface area (Å²) in [4.78, 5) is 20.4. The highest BCUT2D eigenvalue weighted by Crippen LogP contribution is 2.03. The molecule has 1 atom stereocenters. The minimum atomic E-state index is -0.381. The van der Waals surface area contributed by atoms with Crippen LogP contribution in [0.15, 0.2) is 0 Å². The van der Waals surface area contributed by atoms with E-state index >= 15 is 0 Å². The van der Waals surface area contributed by atoms with Gasteiger partial charge in [-0.05, 0) is 0 Å². The van der Waals surface area contributed by atoms with E-state index in [2.05, 4.69) is 0 Å². The zero-order valence-electron chi connectivity index (χ0n) is 6.87. The number of carbonyl (C=O) groups is 1. The van der Waals surface area contributed by atoms with Gasteiger partial charge in [-0.2, -0.15) is 0 Å². The molecule has 11 heavy (non-hydrogen) atoms. The molecule has 0 rings (SSSR count). The van der Waals surface area contributed by atoms with Crippen LogP contribution in [0.2, 0.25) is 0 Å². The molecule has 64 valence electrons. The van der Waals surface area contributed by atoms with Crippen LogP contribution in [0.4, 0.5) is 0 Å². The van der Waals surface area contributed by atoms with Crippen LogP contribution in [0.1, 0.15) is 26.7 Å². The summed E-state index contributed by atoms with van der Waals surface area (Å²) in [5, 5.41) is 9.97. The van der Waals surface area contributed by atoms with Gasteiger partial charge in [-0.3, -0.25) is 14.9 Å². The topological polar surface area (TPSA) is 60.2 Å². The zero-order valence-corrected chi connectivity index (χ0v) is 6.87. The van der Waals surface area contributed by atoms with Crippen LogP contribution in [0.5, 0.6) is 0 Å². The maximum absolute atomic E-state index is 10.8. The van der Waals surface area contributed by atoms with Crippen LogP contribution in [0.3, 0.4) is 0 Å². The summed E-state index contributed by atoms with van der Waals surface area (Å²) in [6.45, 7) is 3.38. The van der Waals surface area contributed by atoms with E-state index < -0.39 is 0 Å². The quantitative estimate of drug-likeness (QED) is 0.448. The number of hydrogen-bond acceptors (Lipinski definition) is 3. The predicted octanol–water partition coefficient (Wildman–Crippen LogP) is 1.27. The van der Waals surface area contributed by atoms with Gasteiger partial charge in [0.2, 0.25) is 6.54 Å². The second kappa shape index (κ2) is 4.82. The normalized spacial score (nSPS) is 12.5. The molecule has 0 aromatic heterocycles. The minimum absolute atomic E-state index is 0.0966. The molecule has 0 aromatic carbocycles. The third-order valence-electron chi connectivity index (χ3n) is 1.43. The van der Waals surface area contributed by atoms with Crippen molar-refractivity contribution in [3.8, 4) is 0 Å². The summed E-state index contributed by atoms with van der Waals surface area (Å²) in [6, 6.07) is 0. The third-order valence-corrected chi connectivity index (χ3v) is 1.43. The monoisotopic (exact) mass is 159 g/mol. The standard InChI is InChI=1S/C7H13NO3/c1-3-7(9)4-6(2)5-8(10)11/h6H,3-5H2,1-2H3/t6-/m1/s1. The van der Waals surface area contributed by atoms with Crippen molar-refractivity contribution in [1.82, 2.24) is 0 Å². The Balaban J connectivity index is 3.60. The van der Waals surface area contributed by atoms with Crippen molar-refractivity contribution in [2.24, 2.45) is 5.92 Å². The number of nitrogens with zero attached hydrogens (tertiary/aromatic N) is 1. The highest BCUT2D eigenvalue weighted by atomic mass is 16.6. The van der Waals surface area contributed by atoms with Crippen molar-refractivity contribution < 1.29 is 9.72 Å². The molecular weight excluding hydrogens is 146 g/mol. The van der Waals surface area contributed by atoms with Crippen LogP contribution in [-0.2, 0) is 4.79 Å². The molecule has 0 aliphatic heterocycles. The Kier molecular flexibility index (Phi) is 4.41. The molecule has 0 N–H and O–H groups in total. The molecule has 0 aromatic rings. The van der Waals surface area contributed by atoms with Gasteiger partial charge in [0.25, 0.3) is 0 Å². The Morgan fingerprint density at radius 2 is 2.18 bits per heavy atom. The van der Waals surface area contributed by atoms with Crippen molar-refractivity contribution in [1.29, 1.82) is 0 Å². The van der Waals surface area contributed by atoms with E-state index in [1.54, 1.807) is 13.8 Å². The van der Waals surface area contributed by atoms with Crippen molar-refractivity contribution in [2.45, 2.75) is 26.7 Å². The molecule has 0 aliphatic rings. The highest BCUT2D eigenvalue weighted by molar-refractivity contribution is 5.78. The molecule has 0 spiro atoms. The SMILES string of the molecule is CCC(=O)C[C@@H](C)C[N+](=O)[O-]. The number of rotatable bonds is 5. The van der Waals surface area contributed by atoms with E-state index in [4.69, 9.17) is 0 Å². The molecular formula is C7H13NO3. The number of Topliss-reactive ketones (excluding diaryl/α,β-unsaturated/α-hetero) is 1. The summed E-state index contributed by atoms with van der Waals surface area (Å²) in [7, 11) is 0. The van der Waals surface area contributed by atoms with Crippen LogP contribution in [-0.4, -0.2) is 17.3 Å². The second-order valence-corrected chi connectivity index (χ2v) is 2.72. The first-order valence-electron chi connectivity index (χ1n) is 3.69. The van der Waals surface area contributed by atoms with E-state index in [9.17, 15) is 14.9 Å². The van der Waals surface area contributed by atoms with Gasteiger partial charge >= 0.3 is 0 Å². The molecule has 4 nitrogen and oxygen atoms in total. The largest absolute Gasteiger partial charge is 0.300 e. The molecule has 0 aliphatic carbocycles. The third kappa shape index (κ3) is 5.51. The number of ketones is 1. The lowest BCUT2D eigenvalue weighted by atomic mass is 10.0. The van der Waals surface area contributed by atoms with Crippen LogP contribution in [0.25, 0.3) is 0 Å².